The fraction of sp³-hybridized carbons (Fsp3) is 0.441. The zero-order valence-electron chi connectivity index (χ0n) is 85.1. The molecule has 12 rings (SSSR count). The van der Waals surface area contributed by atoms with E-state index in [9.17, 15) is 29.7 Å². The van der Waals surface area contributed by atoms with Crippen molar-refractivity contribution in [2.24, 2.45) is 35.5 Å². The maximum absolute atomic E-state index is 11.7. The molecule has 0 aliphatic carbocycles. The third-order valence-corrected chi connectivity index (χ3v) is 25.0. The summed E-state index contributed by atoms with van der Waals surface area (Å²) >= 11 is 0. The van der Waals surface area contributed by atoms with Crippen LogP contribution in [0.5, 0.6) is 0 Å². The Morgan fingerprint density at radius 1 is 0.346 bits per heavy atom. The summed E-state index contributed by atoms with van der Waals surface area (Å²) in [6, 6.07) is 57.7. The molecular weight excluding hydrogens is 2180 g/mol. The van der Waals surface area contributed by atoms with Gasteiger partial charge in [0.2, 0.25) is 0 Å². The molecule has 0 aliphatic rings. The van der Waals surface area contributed by atoms with E-state index in [1.54, 1.807) is 0 Å². The Hall–Kier alpha value is -9.03. The van der Waals surface area contributed by atoms with Crippen molar-refractivity contribution < 1.29 is 103 Å². The van der Waals surface area contributed by atoms with Crippen molar-refractivity contribution in [2.45, 2.75) is 307 Å². The number of hydrogen-bond acceptors (Lipinski definition) is 12. The molecule has 3 N–H and O–H groups in total. The molecule has 15 heteroatoms. The first-order chi connectivity index (χ1) is 61.7. The normalized spacial score (nSPS) is 11.8. The number of aromatic nitrogens is 3. The first kappa shape index (κ1) is 116. The van der Waals surface area contributed by atoms with E-state index in [-0.39, 0.29) is 136 Å². The molecule has 12 nitrogen and oxygen atoms in total. The van der Waals surface area contributed by atoms with Crippen molar-refractivity contribution in [3.05, 3.63) is 267 Å². The van der Waals surface area contributed by atoms with Crippen LogP contribution in [0.4, 0.5) is 0 Å². The zero-order valence-corrected chi connectivity index (χ0v) is 92.2. The number of furan rings is 3. The molecule has 0 aliphatic heterocycles. The van der Waals surface area contributed by atoms with Gasteiger partial charge in [-0.2, -0.15) is 0 Å². The fourth-order valence-corrected chi connectivity index (χ4v) is 16.6. The second-order valence-corrected chi connectivity index (χ2v) is 37.6. The minimum absolute atomic E-state index is 0. The molecule has 6 aromatic carbocycles. The molecule has 3 radical (unpaired) electrons. The smallest absolute Gasteiger partial charge is 0.162 e. The topological polar surface area (TPSA) is 190 Å². The number of rotatable bonds is 31. The van der Waals surface area contributed by atoms with Gasteiger partial charge in [-0.1, -0.05) is 268 Å². The number of benzene rings is 6. The Labute approximate surface area is 838 Å². The van der Waals surface area contributed by atoms with Crippen LogP contribution in [-0.4, -0.2) is 47.6 Å². The molecule has 0 atom stereocenters. The summed E-state index contributed by atoms with van der Waals surface area (Å²) in [5.41, 5.74) is 25.6. The van der Waals surface area contributed by atoms with Crippen LogP contribution in [0.3, 0.4) is 0 Å². The van der Waals surface area contributed by atoms with Gasteiger partial charge in [-0.25, -0.2) is 0 Å². The first-order valence-corrected chi connectivity index (χ1v) is 48.2. The zero-order chi connectivity index (χ0) is 96.1. The molecule has 0 unspecified atom stereocenters. The molecule has 133 heavy (non-hydrogen) atoms. The minimum atomic E-state index is 0. The molecule has 0 saturated heterocycles. The van der Waals surface area contributed by atoms with E-state index >= 15 is 0 Å². The number of carbonyl (C=O) groups excluding carboxylic acids is 3. The third kappa shape index (κ3) is 33.4. The molecule has 6 heterocycles. The Kier molecular flexibility index (Phi) is 48.8. The number of aliphatic hydroxyl groups is 3. The second-order valence-electron chi connectivity index (χ2n) is 37.6. The van der Waals surface area contributed by atoms with E-state index in [1.165, 1.54) is 68.3 Å². The van der Waals surface area contributed by atoms with Crippen molar-refractivity contribution >= 4 is 50.3 Å². The monoisotopic (exact) mass is 2330 g/mol. The van der Waals surface area contributed by atoms with Gasteiger partial charge in [0.05, 0.1) is 35.9 Å². The van der Waals surface area contributed by atoms with E-state index < -0.39 is 0 Å². The molecule has 6 aromatic heterocycles. The van der Waals surface area contributed by atoms with Gasteiger partial charge in [-0.3, -0.25) is 14.4 Å². The summed E-state index contributed by atoms with van der Waals surface area (Å²) in [5, 5.41) is 32.5. The maximum Gasteiger partial charge on any atom is 0.162 e. The van der Waals surface area contributed by atoms with Gasteiger partial charge in [-0.05, 0) is 181 Å². The minimum Gasteiger partial charge on any atom is -0.512 e. The molecule has 12 aromatic rings. The van der Waals surface area contributed by atoms with Gasteiger partial charge in [0, 0.05) is 147 Å². The number of hydrogen-bond donors (Lipinski definition) is 3. The largest absolute Gasteiger partial charge is 0.512 e. The standard InChI is InChI=1S/2C27H28NO.C25H24NO.3C13H24O2.3Ir/c1-16(2)20-10-21(17(3)4)12-23(11-20)26-14-24-13-25(28-15-27(24)29-26)22-8-18(5)7-19(6)9-22;1-16(2)22-8-7-9-23(17(3)4)27(22)25-14-21-13-24(28-15-26(21)29-25)20-11-18(5)10-19(6)12-20;1-16-10-17(2)12-19(11-16)22-13-20-14-23(27-24(20)15-26-22)18-6-8-21(9-7-18)25(3,4)5;3*1-5-10(6-2)12(14)9-13(15)11(7-3)8-4;;;/h7-8,10-17H,1-6H3;7-11,13-17H,1-6H3;6-11,13-15H,1-5H3;3*9-11,14H,5-8H2,1-4H3;;;/q3*-1;;;;;;. The van der Waals surface area contributed by atoms with Crippen LogP contribution in [-0.2, 0) is 80.1 Å². The predicted molar refractivity (Wildman–Crippen MR) is 546 cm³/mol. The molecule has 0 bridgehead atoms. The quantitative estimate of drug-likeness (QED) is 0.0212. The summed E-state index contributed by atoms with van der Waals surface area (Å²) < 4.78 is 18.5. The van der Waals surface area contributed by atoms with E-state index in [4.69, 9.17) is 13.3 Å². The van der Waals surface area contributed by atoms with Crippen LogP contribution in [0, 0.1) is 95.2 Å². The Bertz CT molecular complexity index is 5530. The SMILES string of the molecule is CCC(CC)C(=O)C=C(O)C(CC)CC.CCC(CC)C(=O)C=C(O)C(CC)CC.CCC(CC)C(=O)C=C(O)C(CC)CC.Cc1[c-]c(-c2cc3cc(-c4c(C(C)C)cccc4C(C)C)oc3cn2)cc(C)c1.Cc1[c-]c(-c2cc3cc(-c4cc(C(C)C)cc(C(C)C)c4)oc3cn2)cc(C)c1.Cc1[c-]c(-c2cc3cc(-c4ccc(C(C)(C)C)cc4)oc3cn2)cc(C)c1.[Ir].[Ir].[Ir]. The number of aliphatic hydroxyl groups excluding tert-OH is 3. The fourth-order valence-electron chi connectivity index (χ4n) is 16.6. The van der Waals surface area contributed by atoms with Gasteiger partial charge in [0.15, 0.2) is 34.1 Å². The van der Waals surface area contributed by atoms with Crippen LogP contribution >= 0.6 is 0 Å². The van der Waals surface area contributed by atoms with Crippen LogP contribution in [0.15, 0.2) is 201 Å². The van der Waals surface area contributed by atoms with Gasteiger partial charge < -0.3 is 43.5 Å². The number of allylic oxidation sites excluding steroid dienone is 6. The third-order valence-electron chi connectivity index (χ3n) is 25.0. The summed E-state index contributed by atoms with van der Waals surface area (Å²) in [5.74, 6) is 6.14. The molecule has 723 valence electrons. The van der Waals surface area contributed by atoms with Gasteiger partial charge >= 0.3 is 0 Å². The van der Waals surface area contributed by atoms with Crippen LogP contribution < -0.4 is 0 Å². The number of carbonyl (C=O) groups is 3. The summed E-state index contributed by atoms with van der Waals surface area (Å²) in [7, 11) is 0. The van der Waals surface area contributed by atoms with E-state index in [0.29, 0.717) is 23.7 Å². The number of nitrogens with zero attached hydrogens (tertiary/aromatic N) is 3. The number of ketones is 3. The number of fused-ring (bicyclic) bond motifs is 3. The van der Waals surface area contributed by atoms with Crippen molar-refractivity contribution in [1.82, 2.24) is 15.0 Å². The van der Waals surface area contributed by atoms with Crippen LogP contribution in [0.2, 0.25) is 0 Å². The van der Waals surface area contributed by atoms with E-state index in [1.807, 2.05) is 102 Å². The van der Waals surface area contributed by atoms with Crippen molar-refractivity contribution in [2.75, 3.05) is 0 Å². The van der Waals surface area contributed by atoms with Crippen LogP contribution in [0.25, 0.3) is 101 Å². The van der Waals surface area contributed by atoms with Gasteiger partial charge in [0.1, 0.15) is 17.3 Å². The summed E-state index contributed by atoms with van der Waals surface area (Å²) in [6.45, 7) is 61.3. The van der Waals surface area contributed by atoms with Gasteiger partial charge in [0.25, 0.3) is 0 Å². The van der Waals surface area contributed by atoms with Crippen molar-refractivity contribution in [3.8, 4) is 67.7 Å². The number of aryl methyl sites for hydroxylation is 6. The molecular formula is C118H152Ir3N3O9-3. The maximum atomic E-state index is 11.7. The average Bonchev–Trinajstić information content (AvgIpc) is 1.39. The molecule has 0 amide bonds. The first-order valence-electron chi connectivity index (χ1n) is 48.2. The summed E-state index contributed by atoms with van der Waals surface area (Å²) in [4.78, 5) is 49.0. The molecule has 0 saturated carbocycles. The number of pyridine rings is 3. The average molecular weight is 2330 g/mol. The molecule has 0 spiro atoms. The Balaban J connectivity index is 0.000000341. The summed E-state index contributed by atoms with van der Waals surface area (Å²) in [6.07, 6.45) is 20.2. The van der Waals surface area contributed by atoms with Crippen molar-refractivity contribution in [3.63, 3.8) is 0 Å². The van der Waals surface area contributed by atoms with Gasteiger partial charge in [-0.15, -0.1) is 105 Å². The Morgan fingerprint density at radius 2 is 0.624 bits per heavy atom. The van der Waals surface area contributed by atoms with E-state index in [2.05, 4.69) is 284 Å². The Morgan fingerprint density at radius 3 is 0.887 bits per heavy atom. The van der Waals surface area contributed by atoms with E-state index in [0.717, 1.165) is 189 Å². The van der Waals surface area contributed by atoms with Crippen LogP contribution in [0.1, 0.15) is 321 Å². The van der Waals surface area contributed by atoms with Crippen molar-refractivity contribution in [1.29, 1.82) is 0 Å². The second kappa shape index (κ2) is 55.9. The predicted octanol–water partition coefficient (Wildman–Crippen LogP) is 34.1. The molecule has 0 fully saturated rings.